The van der Waals surface area contributed by atoms with Gasteiger partial charge in [0.2, 0.25) is 0 Å². The molecule has 0 aliphatic carbocycles. The van der Waals surface area contributed by atoms with E-state index in [0.717, 1.165) is 16.9 Å². The molecule has 2 aromatic heterocycles. The zero-order valence-electron chi connectivity index (χ0n) is 8.97. The van der Waals surface area contributed by atoms with E-state index in [1.165, 1.54) is 0 Å². The fraction of sp³-hybridized carbons (Fsp3) is 0. The number of halogens is 1. The smallest absolute Gasteiger partial charge is 0.139 e. The average Bonchev–Trinajstić information content (AvgIpc) is 2.74. The summed E-state index contributed by atoms with van der Waals surface area (Å²) in [7, 11) is 0. The van der Waals surface area contributed by atoms with Crippen molar-refractivity contribution in [3.05, 3.63) is 53.8 Å². The maximum atomic E-state index is 5.96. The number of nitrogens with two attached hydrogens (primary N) is 1. The van der Waals surface area contributed by atoms with Gasteiger partial charge in [0.1, 0.15) is 5.65 Å². The van der Waals surface area contributed by atoms with Crippen LogP contribution >= 0.6 is 11.6 Å². The summed E-state index contributed by atoms with van der Waals surface area (Å²) in [6.07, 6.45) is 3.72. The number of hydrogen-bond donors (Lipinski definition) is 1. The molecule has 4 heteroatoms. The van der Waals surface area contributed by atoms with Crippen LogP contribution in [0.2, 0.25) is 5.02 Å². The second-order valence-electron chi connectivity index (χ2n) is 3.83. The van der Waals surface area contributed by atoms with Crippen LogP contribution in [0.4, 0.5) is 5.69 Å². The number of hydrogen-bond acceptors (Lipinski definition) is 2. The Labute approximate surface area is 103 Å². The van der Waals surface area contributed by atoms with E-state index in [9.17, 15) is 0 Å². The Bertz CT molecular complexity index is 635. The second kappa shape index (κ2) is 3.79. The number of benzene rings is 1. The van der Waals surface area contributed by atoms with Gasteiger partial charge in [0, 0.05) is 24.0 Å². The molecule has 3 rings (SSSR count). The highest BCUT2D eigenvalue weighted by Gasteiger charge is 2.06. The molecule has 0 spiro atoms. The van der Waals surface area contributed by atoms with Crippen LogP contribution in [0.25, 0.3) is 16.9 Å². The Morgan fingerprint density at radius 1 is 1.12 bits per heavy atom. The molecule has 0 saturated heterocycles. The van der Waals surface area contributed by atoms with Gasteiger partial charge in [-0.1, -0.05) is 41.9 Å². The molecule has 1 aromatic carbocycles. The van der Waals surface area contributed by atoms with Crippen LogP contribution < -0.4 is 5.73 Å². The molecule has 0 radical (unpaired) electrons. The molecule has 3 aromatic rings. The lowest BCUT2D eigenvalue weighted by molar-refractivity contribution is 1.19. The minimum atomic E-state index is 0.530. The molecule has 2 N–H and O–H groups in total. The SMILES string of the molecule is Nc1cn2cc(-c3ccccc3)nc2cc1Cl. The van der Waals surface area contributed by atoms with Crippen LogP contribution in [0.3, 0.4) is 0 Å². The van der Waals surface area contributed by atoms with Gasteiger partial charge in [0.15, 0.2) is 0 Å². The average molecular weight is 244 g/mol. The van der Waals surface area contributed by atoms with Gasteiger partial charge in [-0.2, -0.15) is 0 Å². The van der Waals surface area contributed by atoms with Crippen LogP contribution in [-0.2, 0) is 0 Å². The van der Waals surface area contributed by atoms with Crippen LogP contribution in [0.1, 0.15) is 0 Å². The molecular formula is C13H10ClN3. The molecule has 0 saturated carbocycles. The Kier molecular flexibility index (Phi) is 2.27. The van der Waals surface area contributed by atoms with Crippen molar-refractivity contribution in [3.8, 4) is 11.3 Å². The molecule has 17 heavy (non-hydrogen) atoms. The van der Waals surface area contributed by atoms with E-state index in [2.05, 4.69) is 4.98 Å². The van der Waals surface area contributed by atoms with Gasteiger partial charge in [-0.3, -0.25) is 0 Å². The molecule has 2 heterocycles. The number of fused-ring (bicyclic) bond motifs is 1. The highest BCUT2D eigenvalue weighted by atomic mass is 35.5. The van der Waals surface area contributed by atoms with Crippen molar-refractivity contribution in [2.75, 3.05) is 5.73 Å². The van der Waals surface area contributed by atoms with E-state index >= 15 is 0 Å². The van der Waals surface area contributed by atoms with E-state index in [1.807, 2.05) is 40.9 Å². The molecule has 0 atom stereocenters. The van der Waals surface area contributed by atoms with E-state index in [4.69, 9.17) is 17.3 Å². The summed E-state index contributed by atoms with van der Waals surface area (Å²) in [6, 6.07) is 11.8. The number of nitrogens with zero attached hydrogens (tertiary/aromatic N) is 2. The first-order chi connectivity index (χ1) is 8.24. The van der Waals surface area contributed by atoms with Crippen LogP contribution in [-0.4, -0.2) is 9.38 Å². The Balaban J connectivity index is 2.21. The van der Waals surface area contributed by atoms with Crippen LogP contribution in [0.15, 0.2) is 48.8 Å². The summed E-state index contributed by atoms with van der Waals surface area (Å²) in [5.74, 6) is 0. The molecule has 0 bridgehead atoms. The van der Waals surface area contributed by atoms with Crippen molar-refractivity contribution in [3.63, 3.8) is 0 Å². The van der Waals surface area contributed by atoms with E-state index < -0.39 is 0 Å². The summed E-state index contributed by atoms with van der Waals surface area (Å²) in [6.45, 7) is 0. The minimum Gasteiger partial charge on any atom is -0.396 e. The first kappa shape index (κ1) is 10.2. The standard InChI is InChI=1S/C13H10ClN3/c14-10-6-13-16-12(8-17(13)7-11(10)15)9-4-2-1-3-5-9/h1-8H,15H2. The number of aromatic nitrogens is 2. The van der Waals surface area contributed by atoms with Crippen LogP contribution in [0, 0.1) is 0 Å². The fourth-order valence-electron chi connectivity index (χ4n) is 1.77. The number of pyridine rings is 1. The lowest BCUT2D eigenvalue weighted by atomic mass is 10.2. The molecule has 84 valence electrons. The van der Waals surface area contributed by atoms with Gasteiger partial charge in [0.05, 0.1) is 16.4 Å². The lowest BCUT2D eigenvalue weighted by Gasteiger charge is -1.97. The Morgan fingerprint density at radius 2 is 1.88 bits per heavy atom. The van der Waals surface area contributed by atoms with Crippen molar-refractivity contribution in [1.29, 1.82) is 0 Å². The summed E-state index contributed by atoms with van der Waals surface area (Å²) >= 11 is 5.96. The molecule has 0 aliphatic heterocycles. The number of rotatable bonds is 1. The largest absolute Gasteiger partial charge is 0.396 e. The third-order valence-corrected chi connectivity index (χ3v) is 2.97. The van der Waals surface area contributed by atoms with Gasteiger partial charge in [-0.15, -0.1) is 0 Å². The van der Waals surface area contributed by atoms with Gasteiger partial charge in [-0.05, 0) is 0 Å². The zero-order chi connectivity index (χ0) is 11.8. The Hall–Kier alpha value is -2.00. The fourth-order valence-corrected chi connectivity index (χ4v) is 1.92. The van der Waals surface area contributed by atoms with Gasteiger partial charge in [-0.25, -0.2) is 4.98 Å². The quantitative estimate of drug-likeness (QED) is 0.713. The van der Waals surface area contributed by atoms with Gasteiger partial charge >= 0.3 is 0 Å². The predicted molar refractivity (Wildman–Crippen MR) is 70.1 cm³/mol. The minimum absolute atomic E-state index is 0.530. The maximum absolute atomic E-state index is 5.96. The van der Waals surface area contributed by atoms with Crippen molar-refractivity contribution >= 4 is 22.9 Å². The van der Waals surface area contributed by atoms with Gasteiger partial charge < -0.3 is 10.1 Å². The predicted octanol–water partition coefficient (Wildman–Crippen LogP) is 3.24. The maximum Gasteiger partial charge on any atom is 0.139 e. The third-order valence-electron chi connectivity index (χ3n) is 2.64. The molecule has 0 amide bonds. The van der Waals surface area contributed by atoms with Crippen molar-refractivity contribution < 1.29 is 0 Å². The second-order valence-corrected chi connectivity index (χ2v) is 4.24. The molecule has 3 nitrogen and oxygen atoms in total. The molecule has 0 aliphatic rings. The summed E-state index contributed by atoms with van der Waals surface area (Å²) in [5, 5.41) is 0.530. The lowest BCUT2D eigenvalue weighted by Crippen LogP contribution is -1.90. The third kappa shape index (κ3) is 1.74. The first-order valence-corrected chi connectivity index (χ1v) is 5.61. The van der Waals surface area contributed by atoms with Crippen molar-refractivity contribution in [2.45, 2.75) is 0 Å². The van der Waals surface area contributed by atoms with Crippen LogP contribution in [0.5, 0.6) is 0 Å². The normalized spacial score (nSPS) is 10.9. The monoisotopic (exact) mass is 243 g/mol. The number of anilines is 1. The summed E-state index contributed by atoms with van der Waals surface area (Å²) < 4.78 is 1.88. The molecular weight excluding hydrogens is 234 g/mol. The summed E-state index contributed by atoms with van der Waals surface area (Å²) in [5.41, 5.74) is 9.08. The van der Waals surface area contributed by atoms with Crippen molar-refractivity contribution in [2.24, 2.45) is 0 Å². The van der Waals surface area contributed by atoms with E-state index in [1.54, 1.807) is 12.3 Å². The van der Waals surface area contributed by atoms with Gasteiger partial charge in [0.25, 0.3) is 0 Å². The first-order valence-electron chi connectivity index (χ1n) is 5.23. The number of nitrogen functional groups attached to an aromatic ring is 1. The zero-order valence-corrected chi connectivity index (χ0v) is 9.72. The van der Waals surface area contributed by atoms with Crippen molar-refractivity contribution in [1.82, 2.24) is 9.38 Å². The molecule has 0 fully saturated rings. The topological polar surface area (TPSA) is 43.3 Å². The summed E-state index contributed by atoms with van der Waals surface area (Å²) in [4.78, 5) is 4.51. The molecule has 0 unspecified atom stereocenters. The highest BCUT2D eigenvalue weighted by Crippen LogP contribution is 2.23. The highest BCUT2D eigenvalue weighted by molar-refractivity contribution is 6.33. The van der Waals surface area contributed by atoms with E-state index in [0.29, 0.717) is 10.7 Å². The number of imidazole rings is 1. The van der Waals surface area contributed by atoms with E-state index in [-0.39, 0.29) is 0 Å². The Morgan fingerprint density at radius 3 is 2.65 bits per heavy atom.